The van der Waals surface area contributed by atoms with Gasteiger partial charge >= 0.3 is 12.1 Å². The van der Waals surface area contributed by atoms with Gasteiger partial charge in [0.2, 0.25) is 5.91 Å². The van der Waals surface area contributed by atoms with E-state index in [-0.39, 0.29) is 19.5 Å². The Bertz CT molecular complexity index is 414. The molecule has 5 nitrogen and oxygen atoms in total. The molecule has 2 rings (SSSR count). The Morgan fingerprint density at radius 2 is 1.81 bits per heavy atom. The number of alkyl halides is 3. The first-order valence-corrected chi connectivity index (χ1v) is 7.10. The number of rotatable bonds is 3. The van der Waals surface area contributed by atoms with Crippen molar-refractivity contribution >= 4 is 11.9 Å². The van der Waals surface area contributed by atoms with E-state index in [9.17, 15) is 22.8 Å². The predicted octanol–water partition coefficient (Wildman–Crippen LogP) is 1.34. The summed E-state index contributed by atoms with van der Waals surface area (Å²) >= 11 is 0. The largest absolute Gasteiger partial charge is 0.480 e. The van der Waals surface area contributed by atoms with Crippen LogP contribution in [0.2, 0.25) is 0 Å². The average molecular weight is 308 g/mol. The maximum Gasteiger partial charge on any atom is 0.393 e. The monoisotopic (exact) mass is 308 g/mol. The van der Waals surface area contributed by atoms with E-state index in [1.165, 1.54) is 4.90 Å². The van der Waals surface area contributed by atoms with Gasteiger partial charge in [0.15, 0.2) is 0 Å². The van der Waals surface area contributed by atoms with Crippen LogP contribution in [0.5, 0.6) is 0 Å². The van der Waals surface area contributed by atoms with Crippen molar-refractivity contribution in [3.05, 3.63) is 0 Å². The van der Waals surface area contributed by atoms with Crippen LogP contribution < -0.4 is 0 Å². The molecule has 0 unspecified atom stereocenters. The van der Waals surface area contributed by atoms with E-state index >= 15 is 0 Å². The summed E-state index contributed by atoms with van der Waals surface area (Å²) in [5.74, 6) is -2.85. The van der Waals surface area contributed by atoms with Gasteiger partial charge in [-0.3, -0.25) is 14.5 Å². The van der Waals surface area contributed by atoms with E-state index in [2.05, 4.69) is 0 Å². The second kappa shape index (κ2) is 6.21. The van der Waals surface area contributed by atoms with Crippen molar-refractivity contribution < 1.29 is 27.9 Å². The lowest BCUT2D eigenvalue weighted by atomic mass is 9.97. The van der Waals surface area contributed by atoms with Crippen LogP contribution in [0.15, 0.2) is 0 Å². The Balaban J connectivity index is 1.92. The molecule has 0 saturated carbocycles. The lowest BCUT2D eigenvalue weighted by Gasteiger charge is -2.35. The summed E-state index contributed by atoms with van der Waals surface area (Å²) in [6.45, 7) is 0.395. The number of nitrogens with zero attached hydrogens (tertiary/aromatic N) is 2. The molecule has 0 spiro atoms. The summed E-state index contributed by atoms with van der Waals surface area (Å²) in [7, 11) is 0. The number of halogens is 3. The molecule has 0 radical (unpaired) electrons. The lowest BCUT2D eigenvalue weighted by Crippen LogP contribution is -2.49. The smallest absolute Gasteiger partial charge is 0.393 e. The summed E-state index contributed by atoms with van der Waals surface area (Å²) in [5, 5.41) is 9.04. The van der Waals surface area contributed by atoms with Gasteiger partial charge in [-0.1, -0.05) is 0 Å². The number of hydrogen-bond donors (Lipinski definition) is 1. The Morgan fingerprint density at radius 1 is 1.14 bits per heavy atom. The minimum absolute atomic E-state index is 0.0503. The van der Waals surface area contributed by atoms with Gasteiger partial charge < -0.3 is 10.0 Å². The highest BCUT2D eigenvalue weighted by Gasteiger charge is 2.43. The SMILES string of the molecule is O=C(O)[C@H]1CCCN1CC(=O)N1CCC[C@@H](C(F)(F)F)C1. The zero-order valence-corrected chi connectivity index (χ0v) is 11.6. The van der Waals surface area contributed by atoms with E-state index in [4.69, 9.17) is 5.11 Å². The minimum Gasteiger partial charge on any atom is -0.480 e. The van der Waals surface area contributed by atoms with Gasteiger partial charge in [-0.15, -0.1) is 0 Å². The van der Waals surface area contributed by atoms with Gasteiger partial charge in [0.05, 0.1) is 12.5 Å². The second-order valence-corrected chi connectivity index (χ2v) is 5.69. The number of hydrogen-bond acceptors (Lipinski definition) is 3. The van der Waals surface area contributed by atoms with Crippen molar-refractivity contribution in [2.45, 2.75) is 37.9 Å². The molecule has 2 saturated heterocycles. The number of piperidine rings is 1. The number of carbonyl (C=O) groups excluding carboxylic acids is 1. The molecule has 2 atom stereocenters. The van der Waals surface area contributed by atoms with Crippen molar-refractivity contribution in [2.75, 3.05) is 26.2 Å². The zero-order chi connectivity index (χ0) is 15.6. The van der Waals surface area contributed by atoms with Crippen LogP contribution >= 0.6 is 0 Å². The minimum atomic E-state index is -4.28. The van der Waals surface area contributed by atoms with E-state index < -0.39 is 30.0 Å². The molecule has 1 amide bonds. The van der Waals surface area contributed by atoms with Gasteiger partial charge in [-0.2, -0.15) is 13.2 Å². The first kappa shape index (κ1) is 16.1. The highest BCUT2D eigenvalue weighted by Crippen LogP contribution is 2.33. The van der Waals surface area contributed by atoms with E-state index in [0.29, 0.717) is 32.4 Å². The molecule has 0 aromatic rings. The second-order valence-electron chi connectivity index (χ2n) is 5.69. The number of carboxylic acids is 1. The normalized spacial score (nSPS) is 27.9. The maximum absolute atomic E-state index is 12.7. The van der Waals surface area contributed by atoms with Crippen molar-refractivity contribution in [3.8, 4) is 0 Å². The van der Waals surface area contributed by atoms with Crippen LogP contribution in [0.3, 0.4) is 0 Å². The fraction of sp³-hybridized carbons (Fsp3) is 0.846. The van der Waals surface area contributed by atoms with Crippen molar-refractivity contribution in [2.24, 2.45) is 5.92 Å². The van der Waals surface area contributed by atoms with Crippen LogP contribution in [-0.4, -0.2) is 65.2 Å². The topological polar surface area (TPSA) is 60.9 Å². The molecule has 8 heteroatoms. The van der Waals surface area contributed by atoms with E-state index in [1.54, 1.807) is 4.90 Å². The van der Waals surface area contributed by atoms with E-state index in [0.717, 1.165) is 0 Å². The summed E-state index contributed by atoms with van der Waals surface area (Å²) < 4.78 is 38.2. The molecule has 2 aliphatic rings. The van der Waals surface area contributed by atoms with Crippen molar-refractivity contribution in [3.63, 3.8) is 0 Å². The Hall–Kier alpha value is -1.31. The fourth-order valence-electron chi connectivity index (χ4n) is 3.04. The molecule has 0 aromatic heterocycles. The molecule has 2 aliphatic heterocycles. The Morgan fingerprint density at radius 3 is 2.43 bits per heavy atom. The summed E-state index contributed by atoms with van der Waals surface area (Å²) in [6.07, 6.45) is -2.73. The number of aliphatic carboxylic acids is 1. The molecule has 120 valence electrons. The van der Waals surface area contributed by atoms with Crippen LogP contribution in [0, 0.1) is 5.92 Å². The lowest BCUT2D eigenvalue weighted by molar-refractivity contribution is -0.188. The summed E-state index contributed by atoms with van der Waals surface area (Å²) in [6, 6.07) is -0.697. The molecule has 0 aliphatic carbocycles. The quantitative estimate of drug-likeness (QED) is 0.854. The molecule has 1 N–H and O–H groups in total. The van der Waals surface area contributed by atoms with Gasteiger partial charge in [0, 0.05) is 13.1 Å². The first-order chi connectivity index (χ1) is 9.79. The number of amides is 1. The van der Waals surface area contributed by atoms with Crippen molar-refractivity contribution in [1.82, 2.24) is 9.80 Å². The highest BCUT2D eigenvalue weighted by atomic mass is 19.4. The number of carbonyl (C=O) groups is 2. The standard InChI is InChI=1S/C13H19F3N2O3/c14-13(15,16)9-3-1-6-18(7-9)11(19)8-17-5-2-4-10(17)12(20)21/h9-10H,1-8H2,(H,20,21)/t9-,10-/m1/s1. The molecule has 21 heavy (non-hydrogen) atoms. The summed E-state index contributed by atoms with van der Waals surface area (Å²) in [5.41, 5.74) is 0. The van der Waals surface area contributed by atoms with Crippen LogP contribution in [0.4, 0.5) is 13.2 Å². The highest BCUT2D eigenvalue weighted by molar-refractivity contribution is 5.80. The van der Waals surface area contributed by atoms with Crippen LogP contribution in [-0.2, 0) is 9.59 Å². The number of carboxylic acid groups (broad SMARTS) is 1. The molecule has 0 aromatic carbocycles. The predicted molar refractivity (Wildman–Crippen MR) is 67.6 cm³/mol. The van der Waals surface area contributed by atoms with Crippen molar-refractivity contribution in [1.29, 1.82) is 0 Å². The van der Waals surface area contributed by atoms with Gasteiger partial charge in [-0.05, 0) is 32.2 Å². The van der Waals surface area contributed by atoms with Gasteiger partial charge in [-0.25, -0.2) is 0 Å². The van der Waals surface area contributed by atoms with Crippen LogP contribution in [0.1, 0.15) is 25.7 Å². The third-order valence-electron chi connectivity index (χ3n) is 4.22. The average Bonchev–Trinajstić information content (AvgIpc) is 2.86. The number of likely N-dealkylation sites (tertiary alicyclic amines) is 2. The molecule has 2 heterocycles. The fourth-order valence-corrected chi connectivity index (χ4v) is 3.04. The molecular formula is C13H19F3N2O3. The molecule has 0 bridgehead atoms. The summed E-state index contributed by atoms with van der Waals surface area (Å²) in [4.78, 5) is 25.9. The Kier molecular flexibility index (Phi) is 4.75. The zero-order valence-electron chi connectivity index (χ0n) is 11.6. The molecular weight excluding hydrogens is 289 g/mol. The molecule has 2 fully saturated rings. The van der Waals surface area contributed by atoms with E-state index in [1.807, 2.05) is 0 Å². The maximum atomic E-state index is 12.7. The Labute approximate surface area is 120 Å². The van der Waals surface area contributed by atoms with Gasteiger partial charge in [0.1, 0.15) is 6.04 Å². The first-order valence-electron chi connectivity index (χ1n) is 7.10. The third-order valence-corrected chi connectivity index (χ3v) is 4.22. The van der Waals surface area contributed by atoms with Gasteiger partial charge in [0.25, 0.3) is 0 Å². The van der Waals surface area contributed by atoms with Crippen LogP contribution in [0.25, 0.3) is 0 Å². The third kappa shape index (κ3) is 3.87.